The molecule has 2 N–H and O–H groups in total. The number of nitrogens with zero attached hydrogens (tertiary/aromatic N) is 5. The lowest BCUT2D eigenvalue weighted by Crippen LogP contribution is -2.82. The monoisotopic (exact) mass is 491 g/mol. The summed E-state index contributed by atoms with van der Waals surface area (Å²) in [6.45, 7) is 4.55. The van der Waals surface area contributed by atoms with E-state index in [9.17, 15) is 21.6 Å². The third kappa shape index (κ3) is 5.05. The van der Waals surface area contributed by atoms with Gasteiger partial charge in [-0.15, -0.1) is 0 Å². The van der Waals surface area contributed by atoms with Gasteiger partial charge in [0.2, 0.25) is 16.0 Å². The molecule has 0 radical (unpaired) electrons. The summed E-state index contributed by atoms with van der Waals surface area (Å²) in [6.07, 6.45) is 0.501. The Balaban J connectivity index is 1.36. The summed E-state index contributed by atoms with van der Waals surface area (Å²) in [6, 6.07) is 0. The Morgan fingerprint density at radius 1 is 1.18 bits per heavy atom. The minimum absolute atomic E-state index is 0.140. The number of alkyl halides is 3. The molecule has 4 aliphatic rings. The van der Waals surface area contributed by atoms with Gasteiger partial charge in [-0.2, -0.15) is 18.2 Å². The Labute approximate surface area is 192 Å². The maximum atomic E-state index is 13.4. The molecule has 13 heteroatoms. The summed E-state index contributed by atoms with van der Waals surface area (Å²) < 4.78 is 64.4. The molecule has 2 heterocycles. The Bertz CT molecular complexity index is 961. The molecule has 0 atom stereocenters. The van der Waals surface area contributed by atoms with E-state index < -0.39 is 21.8 Å². The zero-order chi connectivity index (χ0) is 24.1. The van der Waals surface area contributed by atoms with Crippen molar-refractivity contribution in [2.45, 2.75) is 42.9 Å². The van der Waals surface area contributed by atoms with Crippen LogP contribution in [0.2, 0.25) is 0 Å². The van der Waals surface area contributed by atoms with Gasteiger partial charge in [0, 0.05) is 63.6 Å². The molecule has 0 spiro atoms. The third-order valence-corrected chi connectivity index (χ3v) is 8.47. The molecule has 9 nitrogen and oxygen atoms in total. The maximum absolute atomic E-state index is 13.4. The van der Waals surface area contributed by atoms with Crippen LogP contribution < -0.4 is 10.6 Å². The second kappa shape index (κ2) is 8.51. The summed E-state index contributed by atoms with van der Waals surface area (Å²) in [7, 11) is 0.227. The van der Waals surface area contributed by atoms with Gasteiger partial charge in [0.25, 0.3) is 0 Å². The van der Waals surface area contributed by atoms with Gasteiger partial charge >= 0.3 is 6.18 Å². The fourth-order valence-electron chi connectivity index (χ4n) is 5.18. The standard InChI is InChI=1S/C20H32F3N7O2S/c1-28-7-9-30(10-8-28)19-12-18(13-19,14-19)27-17-25-11-15(20(21,22)23)16(26-17)24-5-4-6-29(2)33(3,31)32/h11H,4-10,12-14H2,1-3H3,(H2,24,25,26,27). The first kappa shape index (κ1) is 24.4. The molecule has 2 bridgehead atoms. The van der Waals surface area contributed by atoms with E-state index in [2.05, 4.69) is 37.4 Å². The fraction of sp³-hybridized carbons (Fsp3) is 0.800. The molecule has 1 aromatic rings. The van der Waals surface area contributed by atoms with Crippen molar-refractivity contribution in [3.63, 3.8) is 0 Å². The first-order chi connectivity index (χ1) is 15.3. The predicted octanol–water partition coefficient (Wildman–Crippen LogP) is 1.52. The number of anilines is 2. The van der Waals surface area contributed by atoms with Gasteiger partial charge < -0.3 is 15.5 Å². The average molecular weight is 492 g/mol. The van der Waals surface area contributed by atoms with Gasteiger partial charge in [0.15, 0.2) is 0 Å². The number of hydrogen-bond donors (Lipinski definition) is 2. The van der Waals surface area contributed by atoms with Gasteiger partial charge in [0.1, 0.15) is 11.4 Å². The number of rotatable bonds is 9. The van der Waals surface area contributed by atoms with Gasteiger partial charge in [-0.1, -0.05) is 0 Å². The number of halogens is 3. The van der Waals surface area contributed by atoms with E-state index in [1.54, 1.807) is 0 Å². The van der Waals surface area contributed by atoms with E-state index in [0.29, 0.717) is 6.42 Å². The highest BCUT2D eigenvalue weighted by molar-refractivity contribution is 7.88. The highest BCUT2D eigenvalue weighted by Crippen LogP contribution is 2.64. The van der Waals surface area contributed by atoms with E-state index in [-0.39, 0.29) is 35.9 Å². The Morgan fingerprint density at radius 2 is 1.82 bits per heavy atom. The van der Waals surface area contributed by atoms with Crippen LogP contribution in [-0.2, 0) is 16.2 Å². The maximum Gasteiger partial charge on any atom is 0.421 e. The molecule has 5 rings (SSSR count). The molecular formula is C20H32F3N7O2S. The molecule has 3 saturated carbocycles. The molecule has 3 aliphatic carbocycles. The lowest BCUT2D eigenvalue weighted by atomic mass is 9.43. The topological polar surface area (TPSA) is 93.7 Å². The summed E-state index contributed by atoms with van der Waals surface area (Å²) in [5.74, 6) is -0.104. The zero-order valence-electron chi connectivity index (χ0n) is 19.2. The zero-order valence-corrected chi connectivity index (χ0v) is 20.1. The van der Waals surface area contributed by atoms with Crippen molar-refractivity contribution < 1.29 is 21.6 Å². The third-order valence-electron chi connectivity index (χ3n) is 7.16. The molecule has 0 aromatic carbocycles. The van der Waals surface area contributed by atoms with Gasteiger partial charge in [-0.25, -0.2) is 17.7 Å². The molecule has 0 unspecified atom stereocenters. The first-order valence-corrected chi connectivity index (χ1v) is 13.0. The molecular weight excluding hydrogens is 459 g/mol. The lowest BCUT2D eigenvalue weighted by molar-refractivity contribution is -0.160. The molecule has 4 fully saturated rings. The van der Waals surface area contributed by atoms with E-state index in [0.717, 1.165) is 62.2 Å². The van der Waals surface area contributed by atoms with Crippen LogP contribution in [0.1, 0.15) is 31.2 Å². The van der Waals surface area contributed by atoms with Crippen molar-refractivity contribution in [1.82, 2.24) is 24.1 Å². The van der Waals surface area contributed by atoms with Crippen LogP contribution in [-0.4, -0.2) is 103 Å². The number of aromatic nitrogens is 2. The normalized spacial score (nSPS) is 28.3. The van der Waals surface area contributed by atoms with Crippen molar-refractivity contribution in [3.8, 4) is 0 Å². The van der Waals surface area contributed by atoms with Crippen LogP contribution in [0.4, 0.5) is 24.9 Å². The van der Waals surface area contributed by atoms with Gasteiger partial charge in [-0.05, 0) is 32.7 Å². The number of piperazine rings is 1. The van der Waals surface area contributed by atoms with Crippen molar-refractivity contribution in [3.05, 3.63) is 11.8 Å². The van der Waals surface area contributed by atoms with Crippen LogP contribution in [0.15, 0.2) is 6.20 Å². The average Bonchev–Trinajstić information content (AvgIpc) is 2.66. The van der Waals surface area contributed by atoms with Gasteiger partial charge in [-0.3, -0.25) is 4.90 Å². The smallest absolute Gasteiger partial charge is 0.369 e. The number of hydrogen-bond acceptors (Lipinski definition) is 8. The highest BCUT2D eigenvalue weighted by Gasteiger charge is 2.70. The SMILES string of the molecule is CN1CCN(C23CC(Nc4ncc(C(F)(F)F)c(NCCCN(C)S(C)(=O)=O)n4)(C2)C3)CC1. The number of sulfonamides is 1. The highest BCUT2D eigenvalue weighted by atomic mass is 32.2. The number of likely N-dealkylation sites (N-methyl/N-ethyl adjacent to an activating group) is 1. The fourth-order valence-corrected chi connectivity index (χ4v) is 5.64. The van der Waals surface area contributed by atoms with Crippen LogP contribution >= 0.6 is 0 Å². The second-order valence-corrected chi connectivity index (χ2v) is 11.9. The lowest BCUT2D eigenvalue weighted by Gasteiger charge is -2.74. The summed E-state index contributed by atoms with van der Waals surface area (Å²) in [4.78, 5) is 12.9. The van der Waals surface area contributed by atoms with E-state index >= 15 is 0 Å². The largest absolute Gasteiger partial charge is 0.421 e. The van der Waals surface area contributed by atoms with Crippen molar-refractivity contribution in [2.24, 2.45) is 0 Å². The summed E-state index contributed by atoms with van der Waals surface area (Å²) in [5, 5.41) is 6.01. The quantitative estimate of drug-likeness (QED) is 0.503. The van der Waals surface area contributed by atoms with Gasteiger partial charge in [0.05, 0.1) is 6.26 Å². The van der Waals surface area contributed by atoms with E-state index in [1.807, 2.05) is 0 Å². The molecule has 1 aliphatic heterocycles. The number of nitrogens with one attached hydrogen (secondary N) is 2. The van der Waals surface area contributed by atoms with Crippen LogP contribution in [0.5, 0.6) is 0 Å². The van der Waals surface area contributed by atoms with Crippen molar-refractivity contribution in [2.75, 3.05) is 70.3 Å². The minimum Gasteiger partial charge on any atom is -0.369 e. The van der Waals surface area contributed by atoms with Crippen molar-refractivity contribution >= 4 is 21.8 Å². The van der Waals surface area contributed by atoms with E-state index in [4.69, 9.17) is 0 Å². The van der Waals surface area contributed by atoms with Crippen LogP contribution in [0, 0.1) is 0 Å². The summed E-state index contributed by atoms with van der Waals surface area (Å²) in [5.41, 5.74) is -0.859. The summed E-state index contributed by atoms with van der Waals surface area (Å²) >= 11 is 0. The minimum atomic E-state index is -4.59. The van der Waals surface area contributed by atoms with Crippen LogP contribution in [0.25, 0.3) is 0 Å². The Hall–Kier alpha value is -1.70. The Morgan fingerprint density at radius 3 is 2.39 bits per heavy atom. The molecule has 1 saturated heterocycles. The van der Waals surface area contributed by atoms with Crippen LogP contribution in [0.3, 0.4) is 0 Å². The second-order valence-electron chi connectivity index (χ2n) is 9.77. The first-order valence-electron chi connectivity index (χ1n) is 11.1. The molecule has 186 valence electrons. The molecule has 0 amide bonds. The Kier molecular flexibility index (Phi) is 6.30. The molecule has 33 heavy (non-hydrogen) atoms. The predicted molar refractivity (Wildman–Crippen MR) is 120 cm³/mol. The molecule has 1 aromatic heterocycles. The van der Waals surface area contributed by atoms with E-state index in [1.165, 1.54) is 7.05 Å². The van der Waals surface area contributed by atoms with Crippen molar-refractivity contribution in [1.29, 1.82) is 0 Å².